The summed E-state index contributed by atoms with van der Waals surface area (Å²) in [5.41, 5.74) is -0.0430. The van der Waals surface area contributed by atoms with Gasteiger partial charge in [0, 0.05) is 24.0 Å². The van der Waals surface area contributed by atoms with Crippen molar-refractivity contribution in [3.8, 4) is 17.2 Å². The highest BCUT2D eigenvalue weighted by Gasteiger charge is 2.51. The molecule has 0 atom stereocenters. The molecule has 10 heteroatoms. The number of halogens is 3. The summed E-state index contributed by atoms with van der Waals surface area (Å²) in [4.78, 5) is 29.3. The number of amides is 2. The lowest BCUT2D eigenvalue weighted by Crippen LogP contribution is -2.48. The molecule has 188 valence electrons. The first kappa shape index (κ1) is 25.0. The van der Waals surface area contributed by atoms with Gasteiger partial charge in [-0.1, -0.05) is 12.1 Å². The number of nitrogens with zero attached hydrogens (tertiary/aromatic N) is 1. The van der Waals surface area contributed by atoms with Gasteiger partial charge in [0.2, 0.25) is 5.91 Å². The Kier molecular flexibility index (Phi) is 6.87. The van der Waals surface area contributed by atoms with Gasteiger partial charge in [0.1, 0.15) is 28.4 Å². The molecule has 1 heterocycles. The molecule has 0 saturated heterocycles. The number of alkyl halides is 3. The largest absolute Gasteiger partial charge is 0.497 e. The molecule has 1 saturated carbocycles. The normalized spacial score (nSPS) is 14.0. The number of ether oxygens (including phenoxy) is 2. The fourth-order valence-electron chi connectivity index (χ4n) is 3.61. The SMILES string of the molecule is COc1ccc(Oc2ccc(CNC(=O)C3(NC(=O)c4ccnc(C)c4)CC3)cc2)c(C(F)(F)F)c1. The lowest BCUT2D eigenvalue weighted by atomic mass is 10.1. The summed E-state index contributed by atoms with van der Waals surface area (Å²) < 4.78 is 50.5. The second-order valence-electron chi connectivity index (χ2n) is 8.51. The third-order valence-corrected chi connectivity index (χ3v) is 5.79. The molecular weight excluding hydrogens is 475 g/mol. The minimum absolute atomic E-state index is 0.0706. The van der Waals surface area contributed by atoms with Crippen LogP contribution in [0, 0.1) is 6.92 Å². The minimum Gasteiger partial charge on any atom is -0.497 e. The maximum Gasteiger partial charge on any atom is 0.420 e. The van der Waals surface area contributed by atoms with E-state index < -0.39 is 17.3 Å². The highest BCUT2D eigenvalue weighted by molar-refractivity contribution is 6.00. The average Bonchev–Trinajstić information content (AvgIpc) is 3.63. The van der Waals surface area contributed by atoms with E-state index in [1.807, 2.05) is 0 Å². The van der Waals surface area contributed by atoms with E-state index in [2.05, 4.69) is 15.6 Å². The van der Waals surface area contributed by atoms with Crippen LogP contribution in [0.5, 0.6) is 17.2 Å². The van der Waals surface area contributed by atoms with Crippen LogP contribution in [-0.4, -0.2) is 29.4 Å². The Hall–Kier alpha value is -4.08. The predicted octanol–water partition coefficient (Wildman–Crippen LogP) is 4.79. The lowest BCUT2D eigenvalue weighted by Gasteiger charge is -2.18. The topological polar surface area (TPSA) is 89.5 Å². The number of carbonyl (C=O) groups excluding carboxylic acids is 2. The average molecular weight is 499 g/mol. The molecule has 2 aromatic carbocycles. The molecule has 0 radical (unpaired) electrons. The highest BCUT2D eigenvalue weighted by atomic mass is 19.4. The summed E-state index contributed by atoms with van der Waals surface area (Å²) in [5, 5.41) is 5.62. The lowest BCUT2D eigenvalue weighted by molar-refractivity contribution is -0.138. The molecule has 0 unspecified atom stereocenters. The molecule has 3 aromatic rings. The zero-order valence-electron chi connectivity index (χ0n) is 19.6. The van der Waals surface area contributed by atoms with E-state index in [1.165, 1.54) is 37.6 Å². The summed E-state index contributed by atoms with van der Waals surface area (Å²) in [7, 11) is 1.29. The summed E-state index contributed by atoms with van der Waals surface area (Å²) in [6.45, 7) is 1.96. The minimum atomic E-state index is -4.61. The van der Waals surface area contributed by atoms with Crippen molar-refractivity contribution in [3.63, 3.8) is 0 Å². The molecule has 1 aromatic heterocycles. The molecule has 2 amide bonds. The van der Waals surface area contributed by atoms with Crippen LogP contribution in [-0.2, 0) is 17.5 Å². The van der Waals surface area contributed by atoms with Gasteiger partial charge in [-0.05, 0) is 67.8 Å². The Bertz CT molecular complexity index is 1270. The van der Waals surface area contributed by atoms with Gasteiger partial charge < -0.3 is 20.1 Å². The maximum atomic E-state index is 13.4. The second kappa shape index (κ2) is 9.88. The van der Waals surface area contributed by atoms with E-state index in [0.29, 0.717) is 29.7 Å². The third kappa shape index (κ3) is 5.76. The second-order valence-corrected chi connectivity index (χ2v) is 8.51. The molecule has 1 aliphatic carbocycles. The molecule has 36 heavy (non-hydrogen) atoms. The molecule has 1 aliphatic rings. The fraction of sp³-hybridized carbons (Fsp3) is 0.269. The van der Waals surface area contributed by atoms with Gasteiger partial charge in [-0.15, -0.1) is 0 Å². The number of rotatable bonds is 8. The van der Waals surface area contributed by atoms with Crippen LogP contribution in [0.2, 0.25) is 0 Å². The van der Waals surface area contributed by atoms with Gasteiger partial charge in [0.05, 0.1) is 7.11 Å². The molecule has 2 N–H and O–H groups in total. The number of methoxy groups -OCH3 is 1. The van der Waals surface area contributed by atoms with E-state index >= 15 is 0 Å². The Balaban J connectivity index is 1.36. The Morgan fingerprint density at radius 1 is 1.03 bits per heavy atom. The van der Waals surface area contributed by atoms with E-state index in [0.717, 1.165) is 6.07 Å². The molecule has 4 rings (SSSR count). The van der Waals surface area contributed by atoms with Crippen molar-refractivity contribution in [2.45, 2.75) is 38.0 Å². The molecule has 0 spiro atoms. The van der Waals surface area contributed by atoms with Crippen molar-refractivity contribution in [3.05, 3.63) is 83.2 Å². The van der Waals surface area contributed by atoms with Crippen LogP contribution in [0.15, 0.2) is 60.8 Å². The predicted molar refractivity (Wildman–Crippen MR) is 125 cm³/mol. The highest BCUT2D eigenvalue weighted by Crippen LogP contribution is 2.40. The summed E-state index contributed by atoms with van der Waals surface area (Å²) >= 11 is 0. The smallest absolute Gasteiger partial charge is 0.420 e. The number of hydrogen-bond acceptors (Lipinski definition) is 5. The molecule has 7 nitrogen and oxygen atoms in total. The Morgan fingerprint density at radius 3 is 2.33 bits per heavy atom. The van der Waals surface area contributed by atoms with Crippen molar-refractivity contribution in [2.75, 3.05) is 7.11 Å². The molecule has 0 bridgehead atoms. The van der Waals surface area contributed by atoms with Crippen LogP contribution >= 0.6 is 0 Å². The van der Waals surface area contributed by atoms with Crippen molar-refractivity contribution < 1.29 is 32.2 Å². The zero-order chi connectivity index (χ0) is 25.9. The Morgan fingerprint density at radius 2 is 1.72 bits per heavy atom. The van der Waals surface area contributed by atoms with Crippen molar-refractivity contribution in [1.82, 2.24) is 15.6 Å². The first-order valence-electron chi connectivity index (χ1n) is 11.2. The number of aromatic nitrogens is 1. The quantitative estimate of drug-likeness (QED) is 0.465. The monoisotopic (exact) mass is 499 g/mol. The number of benzene rings is 2. The van der Waals surface area contributed by atoms with Crippen LogP contribution in [0.1, 0.15) is 40.0 Å². The maximum absolute atomic E-state index is 13.4. The third-order valence-electron chi connectivity index (χ3n) is 5.79. The summed E-state index contributed by atoms with van der Waals surface area (Å²) in [6.07, 6.45) is -2.01. The van der Waals surface area contributed by atoms with E-state index in [-0.39, 0.29) is 35.6 Å². The fourth-order valence-corrected chi connectivity index (χ4v) is 3.61. The molecule has 1 fully saturated rings. The van der Waals surface area contributed by atoms with Gasteiger partial charge in [-0.3, -0.25) is 14.6 Å². The van der Waals surface area contributed by atoms with Crippen LogP contribution in [0.4, 0.5) is 13.2 Å². The van der Waals surface area contributed by atoms with E-state index in [1.54, 1.807) is 31.2 Å². The molecular formula is C26H24F3N3O4. The summed E-state index contributed by atoms with van der Waals surface area (Å²) in [5.74, 6) is -0.706. The van der Waals surface area contributed by atoms with Crippen LogP contribution < -0.4 is 20.1 Å². The van der Waals surface area contributed by atoms with Crippen LogP contribution in [0.25, 0.3) is 0 Å². The van der Waals surface area contributed by atoms with E-state index in [9.17, 15) is 22.8 Å². The number of aryl methyl sites for hydroxylation is 1. The zero-order valence-corrected chi connectivity index (χ0v) is 19.6. The van der Waals surface area contributed by atoms with Crippen molar-refractivity contribution >= 4 is 11.8 Å². The number of carbonyl (C=O) groups is 2. The standard InChI is InChI=1S/C26H24F3N3O4/c1-16-13-18(9-12-30-16)23(33)32-25(10-11-25)24(34)31-15-17-3-5-19(6-4-17)36-22-8-7-20(35-2)14-21(22)26(27,28)29/h3-9,12-14H,10-11,15H2,1-2H3,(H,31,34)(H,32,33). The number of hydrogen-bond donors (Lipinski definition) is 2. The van der Waals surface area contributed by atoms with Gasteiger partial charge in [-0.2, -0.15) is 13.2 Å². The van der Waals surface area contributed by atoms with Gasteiger partial charge in [0.25, 0.3) is 5.91 Å². The summed E-state index contributed by atoms with van der Waals surface area (Å²) in [6, 6.07) is 13.0. The van der Waals surface area contributed by atoms with E-state index in [4.69, 9.17) is 9.47 Å². The van der Waals surface area contributed by atoms with Gasteiger partial charge >= 0.3 is 6.18 Å². The molecule has 0 aliphatic heterocycles. The Labute approximate surface area is 205 Å². The number of nitrogens with one attached hydrogen (secondary N) is 2. The van der Waals surface area contributed by atoms with Crippen molar-refractivity contribution in [2.24, 2.45) is 0 Å². The first-order chi connectivity index (χ1) is 17.1. The van der Waals surface area contributed by atoms with Gasteiger partial charge in [-0.25, -0.2) is 0 Å². The number of pyridine rings is 1. The van der Waals surface area contributed by atoms with Crippen LogP contribution in [0.3, 0.4) is 0 Å². The van der Waals surface area contributed by atoms with Gasteiger partial charge in [0.15, 0.2) is 0 Å². The van der Waals surface area contributed by atoms with Crippen molar-refractivity contribution in [1.29, 1.82) is 0 Å². The first-order valence-corrected chi connectivity index (χ1v) is 11.2.